The third-order valence-corrected chi connectivity index (χ3v) is 2.80. The van der Waals surface area contributed by atoms with Crippen LogP contribution in [-0.2, 0) is 0 Å². The number of ether oxygens (including phenoxy) is 1. The summed E-state index contributed by atoms with van der Waals surface area (Å²) in [6.07, 6.45) is -4.76. The Labute approximate surface area is 96.3 Å². The molecule has 78 valence electrons. The maximum Gasteiger partial charge on any atom is 0.573 e. The molecule has 0 heterocycles. The van der Waals surface area contributed by atoms with Gasteiger partial charge in [-0.1, -0.05) is 11.6 Å². The molecule has 7 heteroatoms. The molecule has 0 atom stereocenters. The van der Waals surface area contributed by atoms with Crippen LogP contribution >= 0.6 is 34.2 Å². The van der Waals surface area contributed by atoms with Gasteiger partial charge in [-0.15, -0.1) is 13.2 Å². The van der Waals surface area contributed by atoms with E-state index < -0.39 is 12.1 Å². The summed E-state index contributed by atoms with van der Waals surface area (Å²) in [6, 6.07) is 2.48. The van der Waals surface area contributed by atoms with Crippen molar-refractivity contribution in [2.75, 3.05) is 5.73 Å². The van der Waals surface area contributed by atoms with Crippen molar-refractivity contribution in [1.29, 1.82) is 0 Å². The zero-order chi connectivity index (χ0) is 10.9. The van der Waals surface area contributed by atoms with E-state index >= 15 is 0 Å². The topological polar surface area (TPSA) is 35.2 Å². The third-order valence-electron chi connectivity index (χ3n) is 1.24. The van der Waals surface area contributed by atoms with E-state index in [-0.39, 0.29) is 10.7 Å². The van der Waals surface area contributed by atoms with E-state index in [1.165, 1.54) is 6.07 Å². The summed E-state index contributed by atoms with van der Waals surface area (Å²) < 4.78 is 39.7. The molecule has 0 fully saturated rings. The summed E-state index contributed by atoms with van der Waals surface area (Å²) in [5, 5.41) is -0.0999. The minimum Gasteiger partial charge on any atom is -0.404 e. The molecule has 0 aliphatic carbocycles. The number of nitrogen functional groups attached to an aromatic ring is 1. The number of benzene rings is 1. The minimum absolute atomic E-state index is 0.0999. The SMILES string of the molecule is Nc1cc(I)c(Cl)c(OC(F)(F)F)c1. The zero-order valence-electron chi connectivity index (χ0n) is 6.53. The molecule has 0 saturated heterocycles. The van der Waals surface area contributed by atoms with E-state index in [1.807, 2.05) is 0 Å². The summed E-state index contributed by atoms with van der Waals surface area (Å²) >= 11 is 7.35. The van der Waals surface area contributed by atoms with Crippen molar-refractivity contribution in [3.8, 4) is 5.75 Å². The van der Waals surface area contributed by atoms with E-state index in [0.717, 1.165) is 6.07 Å². The first-order chi connectivity index (χ1) is 6.29. The Morgan fingerprint density at radius 2 is 1.93 bits per heavy atom. The Morgan fingerprint density at radius 3 is 2.43 bits per heavy atom. The van der Waals surface area contributed by atoms with E-state index in [2.05, 4.69) is 4.74 Å². The molecule has 2 nitrogen and oxygen atoms in total. The van der Waals surface area contributed by atoms with Crippen molar-refractivity contribution >= 4 is 39.9 Å². The van der Waals surface area contributed by atoms with Gasteiger partial charge in [0.25, 0.3) is 0 Å². The Hall–Kier alpha value is -0.370. The molecule has 0 amide bonds. The van der Waals surface area contributed by atoms with Crippen LogP contribution in [0.25, 0.3) is 0 Å². The van der Waals surface area contributed by atoms with Gasteiger partial charge in [-0.25, -0.2) is 0 Å². The fraction of sp³-hybridized carbons (Fsp3) is 0.143. The van der Waals surface area contributed by atoms with E-state index in [4.69, 9.17) is 17.3 Å². The highest BCUT2D eigenvalue weighted by molar-refractivity contribution is 14.1. The lowest BCUT2D eigenvalue weighted by atomic mass is 10.3. The molecule has 0 aliphatic rings. The highest BCUT2D eigenvalue weighted by Gasteiger charge is 2.32. The van der Waals surface area contributed by atoms with Gasteiger partial charge in [0.05, 0.1) is 5.02 Å². The van der Waals surface area contributed by atoms with Gasteiger partial charge in [0.1, 0.15) is 0 Å². The maximum absolute atomic E-state index is 11.9. The normalized spacial score (nSPS) is 11.5. The van der Waals surface area contributed by atoms with Crippen LogP contribution in [0.1, 0.15) is 0 Å². The Kier molecular flexibility index (Phi) is 3.36. The second-order valence-electron chi connectivity index (χ2n) is 2.36. The predicted octanol–water partition coefficient (Wildman–Crippen LogP) is 3.43. The van der Waals surface area contributed by atoms with Crippen LogP contribution in [0.3, 0.4) is 0 Å². The predicted molar refractivity (Wildman–Crippen MR) is 55.3 cm³/mol. The van der Waals surface area contributed by atoms with E-state index in [1.54, 1.807) is 22.6 Å². The number of rotatable bonds is 1. The van der Waals surface area contributed by atoms with Gasteiger partial charge in [0.15, 0.2) is 5.75 Å². The summed E-state index contributed by atoms with van der Waals surface area (Å²) in [5.41, 5.74) is 5.50. The van der Waals surface area contributed by atoms with Crippen LogP contribution in [0.4, 0.5) is 18.9 Å². The van der Waals surface area contributed by atoms with Gasteiger partial charge in [-0.05, 0) is 28.7 Å². The lowest BCUT2D eigenvalue weighted by molar-refractivity contribution is -0.274. The molecule has 1 rings (SSSR count). The summed E-state index contributed by atoms with van der Waals surface area (Å²) in [4.78, 5) is 0. The number of hydrogen-bond acceptors (Lipinski definition) is 2. The van der Waals surface area contributed by atoms with Gasteiger partial charge < -0.3 is 10.5 Å². The molecule has 14 heavy (non-hydrogen) atoms. The van der Waals surface area contributed by atoms with Gasteiger partial charge >= 0.3 is 6.36 Å². The van der Waals surface area contributed by atoms with Gasteiger partial charge in [-0.3, -0.25) is 0 Å². The molecule has 0 unspecified atom stereocenters. The van der Waals surface area contributed by atoms with Crippen molar-refractivity contribution in [3.63, 3.8) is 0 Å². The van der Waals surface area contributed by atoms with Crippen molar-refractivity contribution in [1.82, 2.24) is 0 Å². The number of nitrogens with two attached hydrogens (primary N) is 1. The first-order valence-electron chi connectivity index (χ1n) is 3.30. The molecule has 2 N–H and O–H groups in total. The van der Waals surface area contributed by atoms with Crippen molar-refractivity contribution in [2.24, 2.45) is 0 Å². The monoisotopic (exact) mass is 337 g/mol. The quantitative estimate of drug-likeness (QED) is 0.629. The lowest BCUT2D eigenvalue weighted by Gasteiger charge is -2.11. The highest BCUT2D eigenvalue weighted by Crippen LogP contribution is 2.35. The molecule has 1 aromatic rings. The molecule has 0 bridgehead atoms. The zero-order valence-corrected chi connectivity index (χ0v) is 9.44. The van der Waals surface area contributed by atoms with Crippen molar-refractivity contribution < 1.29 is 17.9 Å². The molecule has 0 saturated carbocycles. The molecule has 1 aromatic carbocycles. The van der Waals surface area contributed by atoms with Crippen LogP contribution in [0.2, 0.25) is 5.02 Å². The fourth-order valence-corrected chi connectivity index (χ4v) is 1.56. The van der Waals surface area contributed by atoms with Crippen LogP contribution in [-0.4, -0.2) is 6.36 Å². The lowest BCUT2D eigenvalue weighted by Crippen LogP contribution is -2.17. The molecule has 0 radical (unpaired) electrons. The maximum atomic E-state index is 11.9. The number of anilines is 1. The van der Waals surface area contributed by atoms with Gasteiger partial charge in [0.2, 0.25) is 0 Å². The minimum atomic E-state index is -4.76. The summed E-state index contributed by atoms with van der Waals surface area (Å²) in [6.45, 7) is 0. The molecule has 0 aromatic heterocycles. The van der Waals surface area contributed by atoms with E-state index in [0.29, 0.717) is 3.57 Å². The first kappa shape index (κ1) is 11.7. The largest absolute Gasteiger partial charge is 0.573 e. The van der Waals surface area contributed by atoms with Crippen LogP contribution in [0.5, 0.6) is 5.75 Å². The molecular formula is C7H4ClF3INO. The van der Waals surface area contributed by atoms with Gasteiger partial charge in [0, 0.05) is 15.3 Å². The highest BCUT2D eigenvalue weighted by atomic mass is 127. The standard InChI is InChI=1S/C7H4ClF3INO/c8-6-4(12)1-3(13)2-5(6)14-7(9,10)11/h1-2H,13H2. The summed E-state index contributed by atoms with van der Waals surface area (Å²) in [5.74, 6) is -0.483. The second kappa shape index (κ2) is 4.01. The molecule has 0 spiro atoms. The number of hydrogen-bond donors (Lipinski definition) is 1. The number of halogens is 5. The van der Waals surface area contributed by atoms with Crippen LogP contribution in [0.15, 0.2) is 12.1 Å². The van der Waals surface area contributed by atoms with E-state index in [9.17, 15) is 13.2 Å². The molecule has 0 aliphatic heterocycles. The fourth-order valence-electron chi connectivity index (χ4n) is 0.783. The average Bonchev–Trinajstić information content (AvgIpc) is 1.96. The second-order valence-corrected chi connectivity index (χ2v) is 3.90. The average molecular weight is 337 g/mol. The smallest absolute Gasteiger partial charge is 0.404 e. The van der Waals surface area contributed by atoms with Crippen molar-refractivity contribution in [3.05, 3.63) is 20.7 Å². The first-order valence-corrected chi connectivity index (χ1v) is 4.75. The van der Waals surface area contributed by atoms with Crippen LogP contribution < -0.4 is 10.5 Å². The summed E-state index contributed by atoms with van der Waals surface area (Å²) in [7, 11) is 0. The third kappa shape index (κ3) is 3.09. The van der Waals surface area contributed by atoms with Gasteiger partial charge in [-0.2, -0.15) is 0 Å². The van der Waals surface area contributed by atoms with Crippen molar-refractivity contribution in [2.45, 2.75) is 6.36 Å². The number of alkyl halides is 3. The molecular weight excluding hydrogens is 333 g/mol. The van der Waals surface area contributed by atoms with Crippen LogP contribution in [0, 0.1) is 3.57 Å². The Morgan fingerprint density at radius 1 is 1.36 bits per heavy atom. The Balaban J connectivity index is 3.09. The Bertz CT molecular complexity index is 356.